The molecule has 3 N–H and O–H groups in total. The minimum absolute atomic E-state index is 0.0565. The molecular formula is C13H24N2O4. The Hall–Kier alpha value is -1.59. The highest BCUT2D eigenvalue weighted by atomic mass is 16.4. The van der Waals surface area contributed by atoms with E-state index in [9.17, 15) is 14.4 Å². The summed E-state index contributed by atoms with van der Waals surface area (Å²) in [6.07, 6.45) is 2.65. The fraction of sp³-hybridized carbons (Fsp3) is 0.769. The lowest BCUT2D eigenvalue weighted by atomic mass is 10.0. The first kappa shape index (κ1) is 17.4. The summed E-state index contributed by atoms with van der Waals surface area (Å²) in [5.41, 5.74) is 0. The van der Waals surface area contributed by atoms with Gasteiger partial charge in [-0.1, -0.05) is 20.3 Å². The zero-order chi connectivity index (χ0) is 14.8. The smallest absolute Gasteiger partial charge is 0.326 e. The maximum Gasteiger partial charge on any atom is 0.326 e. The molecule has 0 radical (unpaired) electrons. The molecule has 0 bridgehead atoms. The molecular weight excluding hydrogens is 248 g/mol. The van der Waals surface area contributed by atoms with Gasteiger partial charge in [0.15, 0.2) is 0 Å². The maximum absolute atomic E-state index is 11.6. The van der Waals surface area contributed by atoms with Crippen LogP contribution in [0.5, 0.6) is 0 Å². The Balaban J connectivity index is 3.74. The van der Waals surface area contributed by atoms with Gasteiger partial charge < -0.3 is 15.7 Å². The normalized spacial score (nSPS) is 12.0. The third kappa shape index (κ3) is 9.04. The lowest BCUT2D eigenvalue weighted by molar-refractivity contribution is -0.143. The Morgan fingerprint density at radius 2 is 1.74 bits per heavy atom. The largest absolute Gasteiger partial charge is 0.480 e. The minimum Gasteiger partial charge on any atom is -0.480 e. The van der Waals surface area contributed by atoms with Crippen molar-refractivity contribution in [2.24, 2.45) is 5.92 Å². The van der Waals surface area contributed by atoms with Gasteiger partial charge in [0.2, 0.25) is 11.8 Å². The van der Waals surface area contributed by atoms with E-state index in [1.807, 2.05) is 0 Å². The number of hydrogen-bond acceptors (Lipinski definition) is 3. The van der Waals surface area contributed by atoms with Crippen LogP contribution in [0.15, 0.2) is 0 Å². The molecule has 0 aromatic rings. The SMILES string of the molecule is CC(=O)NCCCCCC(=O)NC(C(=O)O)C(C)C. The van der Waals surface area contributed by atoms with E-state index in [2.05, 4.69) is 10.6 Å². The van der Waals surface area contributed by atoms with Gasteiger partial charge in [0.25, 0.3) is 0 Å². The second-order valence-electron chi connectivity index (χ2n) is 4.92. The molecule has 19 heavy (non-hydrogen) atoms. The predicted octanol–water partition coefficient (Wildman–Crippen LogP) is 0.908. The molecule has 0 aromatic heterocycles. The first-order valence-corrected chi connectivity index (χ1v) is 6.61. The van der Waals surface area contributed by atoms with Crippen LogP contribution in [0.1, 0.15) is 46.5 Å². The van der Waals surface area contributed by atoms with Crippen molar-refractivity contribution in [2.45, 2.75) is 52.5 Å². The van der Waals surface area contributed by atoms with Crippen LogP contribution in [0, 0.1) is 5.92 Å². The van der Waals surface area contributed by atoms with Crippen LogP contribution in [0.4, 0.5) is 0 Å². The monoisotopic (exact) mass is 272 g/mol. The first-order chi connectivity index (χ1) is 8.84. The minimum atomic E-state index is -1.01. The van der Waals surface area contributed by atoms with Crippen molar-refractivity contribution >= 4 is 17.8 Å². The number of carboxylic acid groups (broad SMARTS) is 1. The number of hydrogen-bond donors (Lipinski definition) is 3. The third-order valence-corrected chi connectivity index (χ3v) is 2.70. The van der Waals surface area contributed by atoms with Crippen molar-refractivity contribution in [3.8, 4) is 0 Å². The van der Waals surface area contributed by atoms with Crippen molar-refractivity contribution in [3.05, 3.63) is 0 Å². The maximum atomic E-state index is 11.6. The fourth-order valence-corrected chi connectivity index (χ4v) is 1.61. The van der Waals surface area contributed by atoms with Gasteiger partial charge in [0.05, 0.1) is 0 Å². The molecule has 6 heteroatoms. The second-order valence-corrected chi connectivity index (χ2v) is 4.92. The summed E-state index contributed by atoms with van der Waals surface area (Å²) in [5, 5.41) is 14.1. The number of amides is 2. The Morgan fingerprint density at radius 1 is 1.11 bits per heavy atom. The first-order valence-electron chi connectivity index (χ1n) is 6.61. The van der Waals surface area contributed by atoms with E-state index in [4.69, 9.17) is 5.11 Å². The molecule has 1 atom stereocenters. The fourth-order valence-electron chi connectivity index (χ4n) is 1.61. The van der Waals surface area contributed by atoms with Crippen LogP contribution < -0.4 is 10.6 Å². The Kier molecular flexibility index (Phi) is 8.57. The van der Waals surface area contributed by atoms with Crippen LogP contribution in [0.25, 0.3) is 0 Å². The zero-order valence-corrected chi connectivity index (χ0v) is 11.9. The average molecular weight is 272 g/mol. The summed E-state index contributed by atoms with van der Waals surface area (Å²) in [4.78, 5) is 33.1. The van der Waals surface area contributed by atoms with Gasteiger partial charge in [-0.25, -0.2) is 4.79 Å². The molecule has 0 rings (SSSR count). The molecule has 0 spiro atoms. The molecule has 0 saturated heterocycles. The molecule has 0 aliphatic rings. The van der Waals surface area contributed by atoms with Gasteiger partial charge in [0.1, 0.15) is 6.04 Å². The summed E-state index contributed by atoms with van der Waals surface area (Å²) in [6.45, 7) is 5.59. The van der Waals surface area contributed by atoms with Gasteiger partial charge in [-0.2, -0.15) is 0 Å². The number of aliphatic carboxylic acids is 1. The van der Waals surface area contributed by atoms with E-state index in [1.54, 1.807) is 13.8 Å². The number of unbranched alkanes of at least 4 members (excludes halogenated alkanes) is 2. The van der Waals surface area contributed by atoms with Gasteiger partial charge in [0, 0.05) is 19.9 Å². The van der Waals surface area contributed by atoms with Crippen LogP contribution in [-0.2, 0) is 14.4 Å². The average Bonchev–Trinajstić information content (AvgIpc) is 2.29. The molecule has 2 amide bonds. The number of nitrogens with one attached hydrogen (secondary N) is 2. The van der Waals surface area contributed by atoms with E-state index in [-0.39, 0.29) is 17.7 Å². The zero-order valence-electron chi connectivity index (χ0n) is 11.9. The summed E-state index contributed by atoms with van der Waals surface area (Å²) in [7, 11) is 0. The second kappa shape index (κ2) is 9.35. The van der Waals surface area contributed by atoms with Gasteiger partial charge in [-0.15, -0.1) is 0 Å². The van der Waals surface area contributed by atoms with Crippen LogP contribution in [-0.4, -0.2) is 35.5 Å². The lowest BCUT2D eigenvalue weighted by Crippen LogP contribution is -2.44. The van der Waals surface area contributed by atoms with Gasteiger partial charge in [-0.05, 0) is 18.8 Å². The molecule has 0 aromatic carbocycles. The molecule has 0 aliphatic heterocycles. The Labute approximate surface area is 113 Å². The van der Waals surface area contributed by atoms with Crippen LogP contribution in [0.2, 0.25) is 0 Å². The molecule has 1 unspecified atom stereocenters. The van der Waals surface area contributed by atoms with Gasteiger partial charge >= 0.3 is 5.97 Å². The number of carbonyl (C=O) groups is 3. The quantitative estimate of drug-likeness (QED) is 0.544. The summed E-state index contributed by atoms with van der Waals surface area (Å²) in [6, 6.07) is -0.827. The van der Waals surface area contributed by atoms with E-state index >= 15 is 0 Å². The summed E-state index contributed by atoms with van der Waals surface area (Å²) >= 11 is 0. The predicted molar refractivity (Wildman–Crippen MR) is 71.6 cm³/mol. The van der Waals surface area contributed by atoms with Crippen molar-refractivity contribution in [3.63, 3.8) is 0 Å². The van der Waals surface area contributed by atoms with Crippen molar-refractivity contribution in [1.29, 1.82) is 0 Å². The van der Waals surface area contributed by atoms with Crippen molar-refractivity contribution in [2.75, 3.05) is 6.54 Å². The van der Waals surface area contributed by atoms with Crippen LogP contribution in [0.3, 0.4) is 0 Å². The van der Waals surface area contributed by atoms with E-state index in [0.717, 1.165) is 12.8 Å². The molecule has 6 nitrogen and oxygen atoms in total. The highest BCUT2D eigenvalue weighted by Gasteiger charge is 2.22. The standard InChI is InChI=1S/C13H24N2O4/c1-9(2)12(13(18)19)15-11(17)7-5-4-6-8-14-10(3)16/h9,12H,4-8H2,1-3H3,(H,14,16)(H,15,17)(H,18,19). The highest BCUT2D eigenvalue weighted by Crippen LogP contribution is 2.04. The summed E-state index contributed by atoms with van der Waals surface area (Å²) in [5.74, 6) is -1.44. The Morgan fingerprint density at radius 3 is 2.21 bits per heavy atom. The highest BCUT2D eigenvalue weighted by molar-refractivity contribution is 5.83. The van der Waals surface area contributed by atoms with E-state index < -0.39 is 12.0 Å². The number of carbonyl (C=O) groups excluding carboxylic acids is 2. The van der Waals surface area contributed by atoms with Gasteiger partial charge in [-0.3, -0.25) is 9.59 Å². The molecule has 0 saturated carbocycles. The third-order valence-electron chi connectivity index (χ3n) is 2.70. The number of rotatable bonds is 9. The molecule has 0 fully saturated rings. The van der Waals surface area contributed by atoms with Crippen molar-refractivity contribution < 1.29 is 19.5 Å². The number of carboxylic acids is 1. The van der Waals surface area contributed by atoms with E-state index in [0.29, 0.717) is 19.4 Å². The lowest BCUT2D eigenvalue weighted by Gasteiger charge is -2.17. The molecule has 110 valence electrons. The molecule has 0 aliphatic carbocycles. The van der Waals surface area contributed by atoms with E-state index in [1.165, 1.54) is 6.92 Å². The topological polar surface area (TPSA) is 95.5 Å². The van der Waals surface area contributed by atoms with Crippen LogP contribution >= 0.6 is 0 Å². The molecule has 0 heterocycles. The summed E-state index contributed by atoms with van der Waals surface area (Å²) < 4.78 is 0. The Bertz CT molecular complexity index is 316. The van der Waals surface area contributed by atoms with Crippen molar-refractivity contribution in [1.82, 2.24) is 10.6 Å².